The lowest BCUT2D eigenvalue weighted by molar-refractivity contribution is -0.133. The first kappa shape index (κ1) is 23.4. The molecule has 1 aromatic heterocycles. The molecule has 2 aliphatic heterocycles. The quantitative estimate of drug-likeness (QED) is 0.509. The number of nitrogens with zero attached hydrogens (tertiary/aromatic N) is 3. The lowest BCUT2D eigenvalue weighted by Crippen LogP contribution is -2.53. The highest BCUT2D eigenvalue weighted by molar-refractivity contribution is 6.08. The van der Waals surface area contributed by atoms with Crippen LogP contribution in [0.1, 0.15) is 50.6 Å². The molecule has 1 fully saturated rings. The smallest absolute Gasteiger partial charge is 0.328 e. The molecule has 7 nitrogen and oxygen atoms in total. The van der Waals surface area contributed by atoms with Gasteiger partial charge in [0.1, 0.15) is 17.3 Å². The molecule has 5 rings (SSSR count). The van der Waals surface area contributed by atoms with Gasteiger partial charge < -0.3 is 14.6 Å². The second-order valence-corrected chi connectivity index (χ2v) is 10.1. The Kier molecular flexibility index (Phi) is 5.83. The molecule has 3 aromatic rings. The Bertz CT molecular complexity index is 1270. The first-order valence-electron chi connectivity index (χ1n) is 12.4. The van der Waals surface area contributed by atoms with Crippen molar-refractivity contribution in [2.75, 3.05) is 26.7 Å². The van der Waals surface area contributed by atoms with Crippen molar-refractivity contribution in [1.82, 2.24) is 19.7 Å². The van der Waals surface area contributed by atoms with Crippen LogP contribution in [0.25, 0.3) is 10.9 Å². The van der Waals surface area contributed by atoms with Gasteiger partial charge in [-0.3, -0.25) is 14.6 Å². The molecule has 2 aliphatic rings. The number of nitrogens with one attached hydrogen (secondary N) is 1. The van der Waals surface area contributed by atoms with Crippen LogP contribution in [0.3, 0.4) is 0 Å². The summed E-state index contributed by atoms with van der Waals surface area (Å²) in [6.07, 6.45) is 0.461. The topological polar surface area (TPSA) is 68.9 Å². The van der Waals surface area contributed by atoms with E-state index in [0.717, 1.165) is 33.5 Å². The van der Waals surface area contributed by atoms with Gasteiger partial charge in [0.2, 0.25) is 0 Å². The maximum absolute atomic E-state index is 13.9. The van der Waals surface area contributed by atoms with Crippen LogP contribution in [0.2, 0.25) is 0 Å². The van der Waals surface area contributed by atoms with Crippen LogP contribution in [0, 0.1) is 0 Å². The number of amides is 3. The van der Waals surface area contributed by atoms with Crippen molar-refractivity contribution >= 4 is 22.8 Å². The van der Waals surface area contributed by atoms with E-state index >= 15 is 0 Å². The van der Waals surface area contributed by atoms with E-state index in [2.05, 4.69) is 23.7 Å². The Morgan fingerprint density at radius 2 is 1.91 bits per heavy atom. The van der Waals surface area contributed by atoms with Gasteiger partial charge in [-0.25, -0.2) is 4.79 Å². The first-order chi connectivity index (χ1) is 16.8. The van der Waals surface area contributed by atoms with Crippen molar-refractivity contribution in [2.24, 2.45) is 0 Å². The number of aromatic amines is 1. The molecule has 0 radical (unpaired) electrons. The molecule has 1 saturated heterocycles. The van der Waals surface area contributed by atoms with Gasteiger partial charge in [0.15, 0.2) is 0 Å². The Morgan fingerprint density at radius 3 is 2.60 bits per heavy atom. The Morgan fingerprint density at radius 1 is 1.17 bits per heavy atom. The number of ether oxygens (including phenoxy) is 1. The van der Waals surface area contributed by atoms with Gasteiger partial charge in [0.05, 0.1) is 6.61 Å². The molecular weight excluding hydrogens is 440 g/mol. The third kappa shape index (κ3) is 3.69. The zero-order valence-corrected chi connectivity index (χ0v) is 21.2. The van der Waals surface area contributed by atoms with Crippen molar-refractivity contribution in [3.05, 3.63) is 65.4 Å². The van der Waals surface area contributed by atoms with Gasteiger partial charge in [-0.05, 0) is 64.1 Å². The lowest BCUT2D eigenvalue weighted by atomic mass is 9.81. The number of urea groups is 1. The molecular formula is C28H34N4O3. The summed E-state index contributed by atoms with van der Waals surface area (Å²) < 4.78 is 5.77. The van der Waals surface area contributed by atoms with Gasteiger partial charge in [-0.2, -0.15) is 0 Å². The fourth-order valence-corrected chi connectivity index (χ4v) is 5.44. The minimum atomic E-state index is -0.961. The predicted molar refractivity (Wildman–Crippen MR) is 137 cm³/mol. The van der Waals surface area contributed by atoms with Crippen molar-refractivity contribution in [1.29, 1.82) is 0 Å². The van der Waals surface area contributed by atoms with Crippen LogP contribution >= 0.6 is 0 Å². The standard InChI is InChI=1S/C28H34N4O3/c1-6-35-20-12-13-23-21(16-20)22-17-28(4)26(33)31(15-14-30(5)18(2)3)27(34)32(28)25(24(22)29-23)19-10-8-7-9-11-19/h7-13,16,18,25,29H,6,14-15,17H2,1-5H3. The molecule has 7 heteroatoms. The zero-order valence-electron chi connectivity index (χ0n) is 21.2. The van der Waals surface area contributed by atoms with Gasteiger partial charge in [-0.15, -0.1) is 0 Å². The molecule has 184 valence electrons. The summed E-state index contributed by atoms with van der Waals surface area (Å²) >= 11 is 0. The highest BCUT2D eigenvalue weighted by Gasteiger charge is 2.60. The average molecular weight is 475 g/mol. The number of fused-ring (bicyclic) bond motifs is 4. The molecule has 2 unspecified atom stereocenters. The summed E-state index contributed by atoms with van der Waals surface area (Å²) in [6, 6.07) is 15.8. The molecule has 2 aromatic carbocycles. The maximum atomic E-state index is 13.9. The summed E-state index contributed by atoms with van der Waals surface area (Å²) in [6.45, 7) is 9.71. The van der Waals surface area contributed by atoms with Gasteiger partial charge in [0.25, 0.3) is 5.91 Å². The van der Waals surface area contributed by atoms with E-state index in [-0.39, 0.29) is 18.0 Å². The summed E-state index contributed by atoms with van der Waals surface area (Å²) in [5.41, 5.74) is 3.06. The molecule has 3 amide bonds. The Labute approximate surface area is 206 Å². The SMILES string of the molecule is CCOc1ccc2[nH]c3c(c2c1)CC1(C)C(=O)N(CCN(C)C(C)C)C(=O)N1C3c1ccccc1. The van der Waals surface area contributed by atoms with Crippen LogP contribution in [0.4, 0.5) is 4.79 Å². The third-order valence-corrected chi connectivity index (χ3v) is 7.62. The molecule has 0 aliphatic carbocycles. The molecule has 35 heavy (non-hydrogen) atoms. The van der Waals surface area contributed by atoms with Crippen molar-refractivity contribution < 1.29 is 14.3 Å². The predicted octanol–water partition coefficient (Wildman–Crippen LogP) is 4.58. The molecule has 2 atom stereocenters. The summed E-state index contributed by atoms with van der Waals surface area (Å²) in [7, 11) is 2.02. The van der Waals surface area contributed by atoms with Crippen LogP contribution in [-0.2, 0) is 11.2 Å². The fraction of sp³-hybridized carbons (Fsp3) is 0.429. The van der Waals surface area contributed by atoms with E-state index in [4.69, 9.17) is 4.74 Å². The summed E-state index contributed by atoms with van der Waals surface area (Å²) in [4.78, 5) is 36.7. The first-order valence-corrected chi connectivity index (χ1v) is 12.4. The van der Waals surface area contributed by atoms with Crippen molar-refractivity contribution in [2.45, 2.75) is 51.7 Å². The van der Waals surface area contributed by atoms with Crippen LogP contribution in [-0.4, -0.2) is 69.9 Å². The molecule has 0 bridgehead atoms. The lowest BCUT2D eigenvalue weighted by Gasteiger charge is -2.42. The number of likely N-dealkylation sites (N-methyl/N-ethyl adjacent to an activating group) is 1. The highest BCUT2D eigenvalue weighted by Crippen LogP contribution is 2.48. The molecule has 0 spiro atoms. The third-order valence-electron chi connectivity index (χ3n) is 7.62. The number of rotatable bonds is 7. The van der Waals surface area contributed by atoms with Gasteiger partial charge in [-0.1, -0.05) is 30.3 Å². The minimum absolute atomic E-state index is 0.124. The second-order valence-electron chi connectivity index (χ2n) is 10.1. The number of hydrogen-bond acceptors (Lipinski definition) is 4. The van der Waals surface area contributed by atoms with E-state index < -0.39 is 5.54 Å². The number of aromatic nitrogens is 1. The van der Waals surface area contributed by atoms with Crippen LogP contribution in [0.15, 0.2) is 48.5 Å². The van der Waals surface area contributed by atoms with E-state index in [1.807, 2.05) is 69.4 Å². The number of carbonyl (C=O) groups is 2. The fourth-order valence-electron chi connectivity index (χ4n) is 5.44. The van der Waals surface area contributed by atoms with E-state index in [0.29, 0.717) is 32.2 Å². The minimum Gasteiger partial charge on any atom is -0.494 e. The Hall–Kier alpha value is -3.32. The van der Waals surface area contributed by atoms with Crippen molar-refractivity contribution in [3.63, 3.8) is 0 Å². The maximum Gasteiger partial charge on any atom is 0.328 e. The summed E-state index contributed by atoms with van der Waals surface area (Å²) in [5.74, 6) is 0.680. The number of hydrogen-bond donors (Lipinski definition) is 1. The van der Waals surface area contributed by atoms with Gasteiger partial charge >= 0.3 is 6.03 Å². The Balaban J connectivity index is 1.63. The zero-order chi connectivity index (χ0) is 24.9. The van der Waals surface area contributed by atoms with E-state index in [1.54, 1.807) is 4.90 Å². The normalized spacial score (nSPS) is 21.9. The average Bonchev–Trinajstić information content (AvgIpc) is 3.28. The van der Waals surface area contributed by atoms with Gasteiger partial charge in [0, 0.05) is 42.1 Å². The van der Waals surface area contributed by atoms with E-state index in [9.17, 15) is 9.59 Å². The number of benzene rings is 2. The molecule has 1 N–H and O–H groups in total. The van der Waals surface area contributed by atoms with Crippen LogP contribution < -0.4 is 4.74 Å². The highest BCUT2D eigenvalue weighted by atomic mass is 16.5. The summed E-state index contributed by atoms with van der Waals surface area (Å²) in [5, 5.41) is 1.05. The van der Waals surface area contributed by atoms with Crippen molar-refractivity contribution in [3.8, 4) is 5.75 Å². The van der Waals surface area contributed by atoms with E-state index in [1.165, 1.54) is 4.90 Å². The number of H-pyrrole nitrogens is 1. The second kappa shape index (κ2) is 8.72. The molecule has 3 heterocycles. The monoisotopic (exact) mass is 474 g/mol. The van der Waals surface area contributed by atoms with Crippen LogP contribution in [0.5, 0.6) is 5.75 Å². The number of imide groups is 1. The molecule has 0 saturated carbocycles. The largest absolute Gasteiger partial charge is 0.494 e. The number of carbonyl (C=O) groups excluding carboxylic acids is 2.